The van der Waals surface area contributed by atoms with Crippen molar-refractivity contribution < 1.29 is 17.9 Å². The molecule has 0 amide bonds. The highest BCUT2D eigenvalue weighted by Gasteiger charge is 2.29. The van der Waals surface area contributed by atoms with Gasteiger partial charge in [0.2, 0.25) is 5.88 Å². The number of nitrogens with zero attached hydrogens (tertiary/aromatic N) is 2. The van der Waals surface area contributed by atoms with Crippen molar-refractivity contribution in [3.8, 4) is 5.88 Å². The molecule has 17 heavy (non-hydrogen) atoms. The van der Waals surface area contributed by atoms with Gasteiger partial charge in [0.25, 0.3) is 0 Å². The Balaban J connectivity index is 1.94. The van der Waals surface area contributed by atoms with Crippen LogP contribution >= 0.6 is 0 Å². The van der Waals surface area contributed by atoms with Gasteiger partial charge in [-0.25, -0.2) is 9.97 Å². The molecule has 7 heteroatoms. The molecule has 0 saturated heterocycles. The maximum absolute atomic E-state index is 12.0. The normalized spacial score (nSPS) is 15.9. The molecule has 1 fully saturated rings. The number of rotatable bonds is 5. The first-order chi connectivity index (χ1) is 8.04. The second-order valence-electron chi connectivity index (χ2n) is 3.91. The minimum atomic E-state index is -4.36. The molecule has 1 aliphatic carbocycles. The molecule has 0 unspecified atom stereocenters. The van der Waals surface area contributed by atoms with Crippen molar-refractivity contribution in [2.75, 3.05) is 6.61 Å². The van der Waals surface area contributed by atoms with Gasteiger partial charge in [-0.05, 0) is 12.8 Å². The summed E-state index contributed by atoms with van der Waals surface area (Å²) in [6.45, 7) is -0.904. The van der Waals surface area contributed by atoms with E-state index in [0.29, 0.717) is 18.2 Å². The van der Waals surface area contributed by atoms with Crippen molar-refractivity contribution in [2.45, 2.75) is 31.6 Å². The molecule has 1 aromatic rings. The highest BCUT2D eigenvalue weighted by molar-refractivity contribution is 5.22. The summed E-state index contributed by atoms with van der Waals surface area (Å²) in [6.07, 6.45) is 0.491. The van der Waals surface area contributed by atoms with Gasteiger partial charge in [-0.15, -0.1) is 0 Å². The lowest BCUT2D eigenvalue weighted by Gasteiger charge is -2.11. The van der Waals surface area contributed by atoms with Crippen LogP contribution in [0.15, 0.2) is 12.5 Å². The Morgan fingerprint density at radius 1 is 1.41 bits per heavy atom. The standard InChI is InChI=1S/C10H12F3N3O/c11-10(12,13)5-17-9-7(3-14-6-16-9)4-15-8-1-2-8/h3,6,8,15H,1-2,4-5H2. The zero-order valence-electron chi connectivity index (χ0n) is 9.00. The fourth-order valence-corrected chi connectivity index (χ4v) is 1.29. The SMILES string of the molecule is FC(F)(F)COc1ncncc1CNC1CC1. The van der Waals surface area contributed by atoms with Crippen molar-refractivity contribution in [3.63, 3.8) is 0 Å². The molecule has 0 spiro atoms. The molecular formula is C10H12F3N3O. The van der Waals surface area contributed by atoms with Gasteiger partial charge in [0.05, 0.1) is 0 Å². The number of ether oxygens (including phenoxy) is 1. The zero-order chi connectivity index (χ0) is 12.3. The van der Waals surface area contributed by atoms with Crippen LogP contribution in [0.1, 0.15) is 18.4 Å². The summed E-state index contributed by atoms with van der Waals surface area (Å²) in [5.41, 5.74) is 0.545. The van der Waals surface area contributed by atoms with Crippen molar-refractivity contribution >= 4 is 0 Å². The molecule has 0 radical (unpaired) electrons. The van der Waals surface area contributed by atoms with Crippen LogP contribution in [0.5, 0.6) is 5.88 Å². The lowest BCUT2D eigenvalue weighted by molar-refractivity contribution is -0.154. The summed E-state index contributed by atoms with van der Waals surface area (Å²) in [5.74, 6) is -0.00882. The second-order valence-corrected chi connectivity index (χ2v) is 3.91. The Morgan fingerprint density at radius 2 is 2.18 bits per heavy atom. The summed E-state index contributed by atoms with van der Waals surface area (Å²) in [7, 11) is 0. The number of hydrogen-bond acceptors (Lipinski definition) is 4. The first-order valence-corrected chi connectivity index (χ1v) is 5.26. The van der Waals surface area contributed by atoms with Gasteiger partial charge < -0.3 is 10.1 Å². The number of aromatic nitrogens is 2. The van der Waals surface area contributed by atoms with Crippen LogP contribution < -0.4 is 10.1 Å². The first-order valence-electron chi connectivity index (χ1n) is 5.26. The Labute approximate surface area is 96.2 Å². The molecule has 94 valence electrons. The quantitative estimate of drug-likeness (QED) is 0.859. The monoisotopic (exact) mass is 247 g/mol. The van der Waals surface area contributed by atoms with E-state index in [1.54, 1.807) is 0 Å². The molecule has 0 aliphatic heterocycles. The maximum atomic E-state index is 12.0. The Hall–Kier alpha value is -1.37. The van der Waals surface area contributed by atoms with Gasteiger partial charge in [-0.3, -0.25) is 0 Å². The maximum Gasteiger partial charge on any atom is 0.422 e. The van der Waals surface area contributed by atoms with E-state index < -0.39 is 12.8 Å². The lowest BCUT2D eigenvalue weighted by atomic mass is 10.3. The van der Waals surface area contributed by atoms with Gasteiger partial charge in [0.15, 0.2) is 6.61 Å². The van der Waals surface area contributed by atoms with Crippen LogP contribution in [0, 0.1) is 0 Å². The van der Waals surface area contributed by atoms with Crippen LogP contribution in [0.3, 0.4) is 0 Å². The summed E-state index contributed by atoms with van der Waals surface area (Å²) < 4.78 is 40.7. The Morgan fingerprint density at radius 3 is 2.82 bits per heavy atom. The van der Waals surface area contributed by atoms with Gasteiger partial charge in [-0.2, -0.15) is 13.2 Å². The predicted octanol–water partition coefficient (Wildman–Crippen LogP) is 1.67. The largest absolute Gasteiger partial charge is 0.468 e. The van der Waals surface area contributed by atoms with E-state index in [-0.39, 0.29) is 5.88 Å². The fourth-order valence-electron chi connectivity index (χ4n) is 1.29. The molecule has 1 aliphatic rings. The predicted molar refractivity (Wildman–Crippen MR) is 53.4 cm³/mol. The van der Waals surface area contributed by atoms with Crippen LogP contribution in [0.2, 0.25) is 0 Å². The molecule has 0 atom stereocenters. The van der Waals surface area contributed by atoms with Crippen LogP contribution in [-0.2, 0) is 6.54 Å². The molecular weight excluding hydrogens is 235 g/mol. The van der Waals surface area contributed by atoms with Crippen LogP contribution in [0.4, 0.5) is 13.2 Å². The van der Waals surface area contributed by atoms with Crippen molar-refractivity contribution in [3.05, 3.63) is 18.1 Å². The van der Waals surface area contributed by atoms with E-state index in [2.05, 4.69) is 20.0 Å². The molecule has 0 aromatic carbocycles. The summed E-state index contributed by atoms with van der Waals surface area (Å²) in [5, 5.41) is 3.17. The van der Waals surface area contributed by atoms with E-state index in [0.717, 1.165) is 12.8 Å². The van der Waals surface area contributed by atoms with Gasteiger partial charge in [-0.1, -0.05) is 0 Å². The molecule has 0 bridgehead atoms. The minimum Gasteiger partial charge on any atom is -0.468 e. The highest BCUT2D eigenvalue weighted by atomic mass is 19.4. The van der Waals surface area contributed by atoms with Crippen molar-refractivity contribution in [2.24, 2.45) is 0 Å². The fraction of sp³-hybridized carbons (Fsp3) is 0.600. The van der Waals surface area contributed by atoms with Crippen LogP contribution in [-0.4, -0.2) is 28.8 Å². The third-order valence-electron chi connectivity index (χ3n) is 2.28. The average molecular weight is 247 g/mol. The molecule has 2 rings (SSSR count). The topological polar surface area (TPSA) is 47.0 Å². The van der Waals surface area contributed by atoms with Crippen LogP contribution in [0.25, 0.3) is 0 Å². The summed E-state index contributed by atoms with van der Waals surface area (Å²) in [4.78, 5) is 7.48. The van der Waals surface area contributed by atoms with E-state index in [1.165, 1.54) is 12.5 Å². The molecule has 1 heterocycles. The van der Waals surface area contributed by atoms with Gasteiger partial charge >= 0.3 is 6.18 Å². The first kappa shape index (κ1) is 12.1. The third-order valence-corrected chi connectivity index (χ3v) is 2.28. The van der Waals surface area contributed by atoms with Crippen molar-refractivity contribution in [1.82, 2.24) is 15.3 Å². The Bertz CT molecular complexity index is 379. The van der Waals surface area contributed by atoms with Gasteiger partial charge in [0.1, 0.15) is 6.33 Å². The summed E-state index contributed by atoms with van der Waals surface area (Å²) >= 11 is 0. The van der Waals surface area contributed by atoms with Gasteiger partial charge in [0, 0.05) is 24.3 Å². The van der Waals surface area contributed by atoms with E-state index in [4.69, 9.17) is 0 Å². The second kappa shape index (κ2) is 4.87. The van der Waals surface area contributed by atoms with E-state index in [9.17, 15) is 13.2 Å². The molecule has 4 nitrogen and oxygen atoms in total. The third kappa shape index (κ3) is 4.18. The smallest absolute Gasteiger partial charge is 0.422 e. The molecule has 1 aromatic heterocycles. The molecule has 1 saturated carbocycles. The highest BCUT2D eigenvalue weighted by Crippen LogP contribution is 2.22. The number of alkyl halides is 3. The zero-order valence-corrected chi connectivity index (χ0v) is 9.00. The minimum absolute atomic E-state index is 0.00882. The Kier molecular flexibility index (Phi) is 3.46. The lowest BCUT2D eigenvalue weighted by Crippen LogP contribution is -2.22. The van der Waals surface area contributed by atoms with E-state index in [1.807, 2.05) is 0 Å². The van der Waals surface area contributed by atoms with E-state index >= 15 is 0 Å². The average Bonchev–Trinajstić information content (AvgIpc) is 3.07. The summed E-state index contributed by atoms with van der Waals surface area (Å²) in [6, 6.07) is 0.464. The van der Waals surface area contributed by atoms with Crippen molar-refractivity contribution in [1.29, 1.82) is 0 Å². The number of hydrogen-bond donors (Lipinski definition) is 1. The number of halogens is 3. The number of nitrogens with one attached hydrogen (secondary N) is 1. The molecule has 1 N–H and O–H groups in total.